The SMILES string of the molecule is CCc1ccc(CC(N)c2ccncc2F)cc1. The zero-order chi connectivity index (χ0) is 13.0. The van der Waals surface area contributed by atoms with Gasteiger partial charge in [0.05, 0.1) is 6.20 Å². The summed E-state index contributed by atoms with van der Waals surface area (Å²) in [6.45, 7) is 2.12. The molecule has 1 atom stereocenters. The molecule has 3 heteroatoms. The maximum Gasteiger partial charge on any atom is 0.146 e. The van der Waals surface area contributed by atoms with Gasteiger partial charge in [-0.1, -0.05) is 31.2 Å². The zero-order valence-corrected chi connectivity index (χ0v) is 10.4. The molecule has 0 aliphatic rings. The third-order valence-corrected chi connectivity index (χ3v) is 3.09. The second-order valence-corrected chi connectivity index (χ2v) is 4.38. The van der Waals surface area contributed by atoms with E-state index in [2.05, 4.69) is 36.2 Å². The first-order valence-electron chi connectivity index (χ1n) is 6.13. The van der Waals surface area contributed by atoms with Crippen molar-refractivity contribution in [2.75, 3.05) is 0 Å². The van der Waals surface area contributed by atoms with Crippen LogP contribution < -0.4 is 5.73 Å². The lowest BCUT2D eigenvalue weighted by atomic mass is 9.99. The van der Waals surface area contributed by atoms with E-state index < -0.39 is 0 Å². The van der Waals surface area contributed by atoms with E-state index in [1.807, 2.05) is 0 Å². The first-order chi connectivity index (χ1) is 8.70. The maximum absolute atomic E-state index is 13.5. The molecular formula is C15H17FN2. The summed E-state index contributed by atoms with van der Waals surface area (Å²) in [7, 11) is 0. The van der Waals surface area contributed by atoms with Gasteiger partial charge in [-0.15, -0.1) is 0 Å². The molecule has 0 spiro atoms. The predicted octanol–water partition coefficient (Wildman–Crippen LogP) is 3.03. The van der Waals surface area contributed by atoms with E-state index >= 15 is 0 Å². The van der Waals surface area contributed by atoms with E-state index in [4.69, 9.17) is 5.73 Å². The van der Waals surface area contributed by atoms with Gasteiger partial charge >= 0.3 is 0 Å². The van der Waals surface area contributed by atoms with Crippen molar-refractivity contribution in [3.63, 3.8) is 0 Å². The molecule has 2 N–H and O–H groups in total. The smallest absolute Gasteiger partial charge is 0.146 e. The van der Waals surface area contributed by atoms with Gasteiger partial charge in [0, 0.05) is 17.8 Å². The van der Waals surface area contributed by atoms with Gasteiger partial charge < -0.3 is 5.73 Å². The predicted molar refractivity (Wildman–Crippen MR) is 70.6 cm³/mol. The van der Waals surface area contributed by atoms with Crippen LogP contribution >= 0.6 is 0 Å². The van der Waals surface area contributed by atoms with E-state index in [1.165, 1.54) is 11.8 Å². The van der Waals surface area contributed by atoms with Crippen LogP contribution in [-0.2, 0) is 12.8 Å². The third-order valence-electron chi connectivity index (χ3n) is 3.09. The molecule has 2 aromatic rings. The molecule has 1 aromatic heterocycles. The van der Waals surface area contributed by atoms with E-state index in [-0.39, 0.29) is 11.9 Å². The molecule has 2 rings (SSSR count). The first-order valence-corrected chi connectivity index (χ1v) is 6.13. The molecule has 0 aliphatic heterocycles. The standard InChI is InChI=1S/C15H17FN2/c1-2-11-3-5-12(6-4-11)9-15(17)13-7-8-18-10-14(13)16/h3-8,10,15H,2,9,17H2,1H3. The van der Waals surface area contributed by atoms with Crippen LogP contribution in [0.15, 0.2) is 42.7 Å². The van der Waals surface area contributed by atoms with Crippen LogP contribution in [-0.4, -0.2) is 4.98 Å². The second kappa shape index (κ2) is 5.74. The summed E-state index contributed by atoms with van der Waals surface area (Å²) in [6, 6.07) is 9.59. The number of nitrogens with zero attached hydrogens (tertiary/aromatic N) is 1. The average molecular weight is 244 g/mol. The molecule has 0 saturated carbocycles. The number of benzene rings is 1. The van der Waals surface area contributed by atoms with Crippen LogP contribution in [0.2, 0.25) is 0 Å². The molecule has 0 saturated heterocycles. The van der Waals surface area contributed by atoms with Crippen LogP contribution in [0.25, 0.3) is 0 Å². The van der Waals surface area contributed by atoms with E-state index in [9.17, 15) is 4.39 Å². The van der Waals surface area contributed by atoms with E-state index in [0.717, 1.165) is 12.0 Å². The highest BCUT2D eigenvalue weighted by Crippen LogP contribution is 2.18. The lowest BCUT2D eigenvalue weighted by Crippen LogP contribution is -2.15. The van der Waals surface area contributed by atoms with Crippen molar-refractivity contribution in [3.8, 4) is 0 Å². The molecule has 0 bridgehead atoms. The van der Waals surface area contributed by atoms with Crippen LogP contribution in [0, 0.1) is 5.82 Å². The summed E-state index contributed by atoms with van der Waals surface area (Å²) in [5.41, 5.74) is 8.96. The molecular weight excluding hydrogens is 227 g/mol. The van der Waals surface area contributed by atoms with Crippen LogP contribution in [0.5, 0.6) is 0 Å². The molecule has 0 fully saturated rings. The highest BCUT2D eigenvalue weighted by molar-refractivity contribution is 5.26. The second-order valence-electron chi connectivity index (χ2n) is 4.38. The van der Waals surface area contributed by atoms with Crippen molar-refractivity contribution in [1.29, 1.82) is 0 Å². The Morgan fingerprint density at radius 1 is 1.17 bits per heavy atom. The van der Waals surface area contributed by atoms with Gasteiger partial charge in [0.1, 0.15) is 5.82 Å². The van der Waals surface area contributed by atoms with Gasteiger partial charge in [-0.05, 0) is 30.0 Å². The largest absolute Gasteiger partial charge is 0.324 e. The number of aromatic nitrogens is 1. The highest BCUT2D eigenvalue weighted by atomic mass is 19.1. The van der Waals surface area contributed by atoms with E-state index in [0.29, 0.717) is 12.0 Å². The number of halogens is 1. The van der Waals surface area contributed by atoms with Crippen molar-refractivity contribution in [3.05, 3.63) is 65.2 Å². The Bertz CT molecular complexity index is 508. The molecule has 1 heterocycles. The zero-order valence-electron chi connectivity index (χ0n) is 10.4. The van der Waals surface area contributed by atoms with Crippen LogP contribution in [0.4, 0.5) is 4.39 Å². The first kappa shape index (κ1) is 12.7. The molecule has 94 valence electrons. The summed E-state index contributed by atoms with van der Waals surface area (Å²) in [5.74, 6) is -0.338. The molecule has 18 heavy (non-hydrogen) atoms. The Morgan fingerprint density at radius 2 is 1.83 bits per heavy atom. The minimum atomic E-state index is -0.338. The van der Waals surface area contributed by atoms with Crippen LogP contribution in [0.1, 0.15) is 29.7 Å². The lowest BCUT2D eigenvalue weighted by Gasteiger charge is -2.13. The van der Waals surface area contributed by atoms with Gasteiger partial charge in [0.15, 0.2) is 0 Å². The van der Waals surface area contributed by atoms with Gasteiger partial charge in [-0.25, -0.2) is 4.39 Å². The third kappa shape index (κ3) is 2.93. The summed E-state index contributed by atoms with van der Waals surface area (Å²) >= 11 is 0. The number of hydrogen-bond donors (Lipinski definition) is 1. The molecule has 1 unspecified atom stereocenters. The maximum atomic E-state index is 13.5. The molecule has 0 radical (unpaired) electrons. The Kier molecular flexibility index (Phi) is 4.05. The summed E-state index contributed by atoms with van der Waals surface area (Å²) in [5, 5.41) is 0. The number of pyridine rings is 1. The summed E-state index contributed by atoms with van der Waals surface area (Å²) in [4.78, 5) is 3.73. The lowest BCUT2D eigenvalue weighted by molar-refractivity contribution is 0.574. The number of nitrogens with two attached hydrogens (primary N) is 1. The van der Waals surface area contributed by atoms with Crippen molar-refractivity contribution >= 4 is 0 Å². The minimum Gasteiger partial charge on any atom is -0.324 e. The number of aryl methyl sites for hydroxylation is 1. The molecule has 1 aromatic carbocycles. The van der Waals surface area contributed by atoms with Gasteiger partial charge in [0.25, 0.3) is 0 Å². The van der Waals surface area contributed by atoms with Gasteiger partial charge in [-0.3, -0.25) is 4.98 Å². The Labute approximate surface area is 107 Å². The van der Waals surface area contributed by atoms with Crippen LogP contribution in [0.3, 0.4) is 0 Å². The Hall–Kier alpha value is -1.74. The quantitative estimate of drug-likeness (QED) is 0.897. The van der Waals surface area contributed by atoms with Gasteiger partial charge in [0.2, 0.25) is 0 Å². The Balaban J connectivity index is 2.11. The average Bonchev–Trinajstić information content (AvgIpc) is 2.40. The molecule has 2 nitrogen and oxygen atoms in total. The Morgan fingerprint density at radius 3 is 2.44 bits per heavy atom. The van der Waals surface area contributed by atoms with Gasteiger partial charge in [-0.2, -0.15) is 0 Å². The normalized spacial score (nSPS) is 12.4. The topological polar surface area (TPSA) is 38.9 Å². The highest BCUT2D eigenvalue weighted by Gasteiger charge is 2.11. The fourth-order valence-electron chi connectivity index (χ4n) is 1.96. The van der Waals surface area contributed by atoms with Crippen molar-refractivity contribution in [2.45, 2.75) is 25.8 Å². The van der Waals surface area contributed by atoms with E-state index in [1.54, 1.807) is 12.3 Å². The van der Waals surface area contributed by atoms with Crippen molar-refractivity contribution in [1.82, 2.24) is 4.98 Å². The molecule has 0 amide bonds. The van der Waals surface area contributed by atoms with Crippen molar-refractivity contribution < 1.29 is 4.39 Å². The molecule has 0 aliphatic carbocycles. The summed E-state index contributed by atoms with van der Waals surface area (Å²) in [6.07, 6.45) is 4.42. The monoisotopic (exact) mass is 244 g/mol. The number of hydrogen-bond acceptors (Lipinski definition) is 2. The minimum absolute atomic E-state index is 0.333. The fraction of sp³-hybridized carbons (Fsp3) is 0.267. The van der Waals surface area contributed by atoms with Crippen molar-refractivity contribution in [2.24, 2.45) is 5.73 Å². The number of rotatable bonds is 4. The fourth-order valence-corrected chi connectivity index (χ4v) is 1.96. The summed E-state index contributed by atoms with van der Waals surface area (Å²) < 4.78 is 13.5.